The zero-order valence-corrected chi connectivity index (χ0v) is 11.0. The van der Waals surface area contributed by atoms with Gasteiger partial charge in [-0.25, -0.2) is 0 Å². The molecule has 0 aromatic carbocycles. The maximum atomic E-state index is 10.7. The molecule has 2 heterocycles. The van der Waals surface area contributed by atoms with Crippen molar-refractivity contribution in [2.75, 3.05) is 24.6 Å². The van der Waals surface area contributed by atoms with Gasteiger partial charge in [0.25, 0.3) is 0 Å². The Morgan fingerprint density at radius 2 is 2.42 bits per heavy atom. The van der Waals surface area contributed by atoms with Gasteiger partial charge >= 0.3 is 5.97 Å². The van der Waals surface area contributed by atoms with E-state index < -0.39 is 5.97 Å². The average molecular weight is 264 g/mol. The number of carboxylic acids is 1. The molecule has 0 saturated carbocycles. The molecule has 1 N–H and O–H groups in total. The molecule has 0 bridgehead atoms. The molecule has 1 aliphatic heterocycles. The van der Waals surface area contributed by atoms with Crippen molar-refractivity contribution in [1.82, 2.24) is 9.78 Å². The predicted octanol–water partition coefficient (Wildman–Crippen LogP) is 0.280. The van der Waals surface area contributed by atoms with Crippen LogP contribution in [0.4, 0.5) is 5.82 Å². The number of aliphatic carboxylic acids is 1. The number of hydrogen-bond acceptors (Lipinski definition) is 5. The van der Waals surface area contributed by atoms with Gasteiger partial charge in [-0.1, -0.05) is 0 Å². The van der Waals surface area contributed by atoms with Crippen molar-refractivity contribution in [3.8, 4) is 6.07 Å². The van der Waals surface area contributed by atoms with Crippen LogP contribution in [0.5, 0.6) is 0 Å². The Labute approximate surface area is 111 Å². The molecule has 1 aromatic heterocycles. The number of anilines is 1. The number of carboxylic acid groups (broad SMARTS) is 1. The molecule has 1 unspecified atom stereocenters. The van der Waals surface area contributed by atoms with Crippen molar-refractivity contribution in [1.29, 1.82) is 5.26 Å². The molecule has 1 aliphatic rings. The first kappa shape index (κ1) is 13.4. The maximum Gasteiger partial charge on any atom is 0.306 e. The zero-order valence-electron chi connectivity index (χ0n) is 11.0. The van der Waals surface area contributed by atoms with Crippen molar-refractivity contribution >= 4 is 11.8 Å². The van der Waals surface area contributed by atoms with Crippen molar-refractivity contribution in [3.63, 3.8) is 0 Å². The lowest BCUT2D eigenvalue weighted by molar-refractivity contribution is -0.140. The van der Waals surface area contributed by atoms with E-state index in [0.717, 1.165) is 5.82 Å². The number of hydrogen-bond donors (Lipinski definition) is 1. The maximum absolute atomic E-state index is 10.7. The summed E-state index contributed by atoms with van der Waals surface area (Å²) >= 11 is 0. The monoisotopic (exact) mass is 264 g/mol. The van der Waals surface area contributed by atoms with Crippen molar-refractivity contribution < 1.29 is 14.6 Å². The second kappa shape index (κ2) is 5.28. The minimum atomic E-state index is -0.881. The molecule has 102 valence electrons. The summed E-state index contributed by atoms with van der Waals surface area (Å²) in [7, 11) is 1.78. The van der Waals surface area contributed by atoms with E-state index in [1.54, 1.807) is 18.7 Å². The summed E-state index contributed by atoms with van der Waals surface area (Å²) < 4.78 is 7.09. The fourth-order valence-electron chi connectivity index (χ4n) is 2.37. The molecule has 19 heavy (non-hydrogen) atoms. The Hall–Kier alpha value is -2.07. The quantitative estimate of drug-likeness (QED) is 0.843. The minimum Gasteiger partial charge on any atom is -0.481 e. The molecule has 1 aromatic rings. The Balaban J connectivity index is 2.22. The summed E-state index contributed by atoms with van der Waals surface area (Å²) in [4.78, 5) is 12.7. The van der Waals surface area contributed by atoms with E-state index >= 15 is 0 Å². The third-order valence-corrected chi connectivity index (χ3v) is 3.14. The van der Waals surface area contributed by atoms with Gasteiger partial charge in [-0.05, 0) is 6.92 Å². The normalized spacial score (nSPS) is 19.2. The molecule has 0 aliphatic carbocycles. The van der Waals surface area contributed by atoms with Gasteiger partial charge in [-0.15, -0.1) is 0 Å². The van der Waals surface area contributed by atoms with E-state index in [4.69, 9.17) is 9.84 Å². The highest BCUT2D eigenvalue weighted by Crippen LogP contribution is 2.24. The van der Waals surface area contributed by atoms with Crippen LogP contribution in [0.3, 0.4) is 0 Å². The molecular formula is C12H16N4O3. The number of aryl methyl sites for hydroxylation is 2. The molecule has 0 amide bonds. The number of nitriles is 1. The van der Waals surface area contributed by atoms with Gasteiger partial charge in [0.05, 0.1) is 24.8 Å². The van der Waals surface area contributed by atoms with E-state index in [-0.39, 0.29) is 12.5 Å². The minimum absolute atomic E-state index is 0.0325. The summed E-state index contributed by atoms with van der Waals surface area (Å²) in [6.07, 6.45) is -0.386. The summed E-state index contributed by atoms with van der Waals surface area (Å²) in [5.74, 6) is -0.146. The Morgan fingerprint density at radius 1 is 1.68 bits per heavy atom. The molecular weight excluding hydrogens is 248 g/mol. The van der Waals surface area contributed by atoms with Crippen LogP contribution in [0.15, 0.2) is 0 Å². The van der Waals surface area contributed by atoms with Gasteiger partial charge < -0.3 is 14.7 Å². The SMILES string of the molecule is Cc1nn(C)c(N2CCOC(CC(=O)O)C2)c1C#N. The van der Waals surface area contributed by atoms with Gasteiger partial charge in [0, 0.05) is 20.1 Å². The largest absolute Gasteiger partial charge is 0.481 e. The second-order valence-electron chi connectivity index (χ2n) is 4.56. The predicted molar refractivity (Wildman–Crippen MR) is 66.9 cm³/mol. The first-order valence-corrected chi connectivity index (χ1v) is 6.05. The first-order chi connectivity index (χ1) is 9.02. The molecule has 0 spiro atoms. The van der Waals surface area contributed by atoms with Gasteiger partial charge in [0.2, 0.25) is 0 Å². The van der Waals surface area contributed by atoms with Gasteiger partial charge in [0.15, 0.2) is 0 Å². The topological polar surface area (TPSA) is 91.4 Å². The molecule has 7 heteroatoms. The van der Waals surface area contributed by atoms with Crippen molar-refractivity contribution in [2.24, 2.45) is 7.05 Å². The average Bonchev–Trinajstić information content (AvgIpc) is 2.62. The fraction of sp³-hybridized carbons (Fsp3) is 0.583. The highest BCUT2D eigenvalue weighted by molar-refractivity contribution is 5.67. The second-order valence-corrected chi connectivity index (χ2v) is 4.56. The molecule has 2 rings (SSSR count). The smallest absolute Gasteiger partial charge is 0.306 e. The molecule has 0 radical (unpaired) electrons. The van der Waals surface area contributed by atoms with Crippen LogP contribution in [0.1, 0.15) is 17.7 Å². The van der Waals surface area contributed by atoms with Crippen molar-refractivity contribution in [2.45, 2.75) is 19.4 Å². The van der Waals surface area contributed by atoms with Gasteiger partial charge in [-0.3, -0.25) is 9.48 Å². The Kier molecular flexibility index (Phi) is 3.71. The lowest BCUT2D eigenvalue weighted by atomic mass is 10.2. The third kappa shape index (κ3) is 2.69. The summed E-state index contributed by atoms with van der Waals surface area (Å²) in [5, 5.41) is 22.3. The Morgan fingerprint density at radius 3 is 3.05 bits per heavy atom. The zero-order chi connectivity index (χ0) is 14.0. The van der Waals surface area contributed by atoms with Gasteiger partial charge in [0.1, 0.15) is 17.5 Å². The van der Waals surface area contributed by atoms with Crippen LogP contribution in [0.25, 0.3) is 0 Å². The molecule has 7 nitrogen and oxygen atoms in total. The number of morpholine rings is 1. The van der Waals surface area contributed by atoms with Crippen LogP contribution in [0.2, 0.25) is 0 Å². The van der Waals surface area contributed by atoms with E-state index in [1.165, 1.54) is 0 Å². The number of ether oxygens (including phenoxy) is 1. The third-order valence-electron chi connectivity index (χ3n) is 3.14. The first-order valence-electron chi connectivity index (χ1n) is 6.05. The van der Waals surface area contributed by atoms with E-state index in [9.17, 15) is 10.1 Å². The Bertz CT molecular complexity index is 532. The lowest BCUT2D eigenvalue weighted by Gasteiger charge is -2.33. The standard InChI is InChI=1S/C12H16N4O3/c1-8-10(6-13)12(15(2)14-8)16-3-4-19-9(7-16)5-11(17)18/h9H,3-5,7H2,1-2H3,(H,17,18). The van der Waals surface area contributed by atoms with Crippen LogP contribution < -0.4 is 4.90 Å². The van der Waals surface area contributed by atoms with Gasteiger partial charge in [-0.2, -0.15) is 10.4 Å². The summed E-state index contributed by atoms with van der Waals surface area (Å²) in [6.45, 7) is 3.33. The fourth-order valence-corrected chi connectivity index (χ4v) is 2.37. The van der Waals surface area contributed by atoms with Crippen molar-refractivity contribution in [3.05, 3.63) is 11.3 Å². The number of aromatic nitrogens is 2. The van der Waals surface area contributed by atoms with Crippen LogP contribution in [0, 0.1) is 18.3 Å². The highest BCUT2D eigenvalue weighted by atomic mass is 16.5. The summed E-state index contributed by atoms with van der Waals surface area (Å²) in [6, 6.07) is 2.16. The van der Waals surface area contributed by atoms with E-state index in [2.05, 4.69) is 11.2 Å². The molecule has 1 atom stereocenters. The molecule has 1 fully saturated rings. The van der Waals surface area contributed by atoms with Crippen LogP contribution >= 0.6 is 0 Å². The highest BCUT2D eigenvalue weighted by Gasteiger charge is 2.27. The summed E-state index contributed by atoms with van der Waals surface area (Å²) in [5.41, 5.74) is 1.22. The van der Waals surface area contributed by atoms with E-state index in [1.807, 2.05) is 4.90 Å². The van der Waals surface area contributed by atoms with Crippen LogP contribution in [-0.4, -0.2) is 46.7 Å². The number of nitrogens with zero attached hydrogens (tertiary/aromatic N) is 4. The number of rotatable bonds is 3. The van der Waals surface area contributed by atoms with E-state index in [0.29, 0.717) is 31.0 Å². The van der Waals surface area contributed by atoms with Crippen LogP contribution in [-0.2, 0) is 16.6 Å². The lowest BCUT2D eigenvalue weighted by Crippen LogP contribution is -2.44. The molecule has 1 saturated heterocycles. The number of carbonyl (C=O) groups is 1.